The van der Waals surface area contributed by atoms with Gasteiger partial charge < -0.3 is 35.2 Å². The second-order valence-electron chi connectivity index (χ2n) is 10.6. The van der Waals surface area contributed by atoms with Gasteiger partial charge in [-0.3, -0.25) is 14.4 Å². The molecular formula is C27H26F3NO9. The zero-order valence-corrected chi connectivity index (χ0v) is 21.3. The van der Waals surface area contributed by atoms with Crippen LogP contribution in [0.15, 0.2) is 24.3 Å². The van der Waals surface area contributed by atoms with Gasteiger partial charge in [0.15, 0.2) is 17.9 Å². The third-order valence-electron chi connectivity index (χ3n) is 7.56. The minimum absolute atomic E-state index is 0.0246. The maximum atomic E-state index is 13.3. The van der Waals surface area contributed by atoms with E-state index in [1.165, 1.54) is 32.0 Å². The van der Waals surface area contributed by atoms with Crippen molar-refractivity contribution in [2.45, 2.75) is 75.5 Å². The monoisotopic (exact) mass is 565 g/mol. The molecule has 2 aromatic carbocycles. The molecule has 1 aliphatic heterocycles. The zero-order chi connectivity index (χ0) is 29.3. The Kier molecular flexibility index (Phi) is 6.69. The molecule has 1 unspecified atom stereocenters. The number of aromatic hydroxyl groups is 2. The molecule has 214 valence electrons. The molecule has 3 aliphatic rings. The number of carbonyl (C=O) groups is 3. The van der Waals surface area contributed by atoms with Gasteiger partial charge in [-0.2, -0.15) is 13.2 Å². The van der Waals surface area contributed by atoms with Crippen molar-refractivity contribution >= 4 is 17.5 Å². The normalized spacial score (nSPS) is 29.8. The van der Waals surface area contributed by atoms with Crippen LogP contribution in [-0.2, 0) is 20.7 Å². The van der Waals surface area contributed by atoms with E-state index >= 15 is 0 Å². The van der Waals surface area contributed by atoms with Crippen molar-refractivity contribution in [3.05, 3.63) is 57.6 Å². The summed E-state index contributed by atoms with van der Waals surface area (Å²) in [5, 5.41) is 45.6. The summed E-state index contributed by atoms with van der Waals surface area (Å²) in [6, 6.07) is 4.50. The molecule has 5 rings (SSSR count). The fraction of sp³-hybridized carbons (Fsp3) is 0.444. The number of nitrogens with one attached hydrogen (secondary N) is 1. The number of hydrogen-bond donors (Lipinski definition) is 5. The Balaban J connectivity index is 1.53. The quantitative estimate of drug-likeness (QED) is 0.300. The number of carbonyl (C=O) groups excluding carboxylic acids is 3. The SMILES string of the molecule is C[C@H]1O[C@@H](O[C@H]2CC(C)(O)Cc3c(O)c4c(c(O)c32)C(=O)c2ccccc2C4=O)C[C@H](NC(=O)C(F)(F)F)[C@H]1O. The van der Waals surface area contributed by atoms with Crippen molar-refractivity contribution in [2.24, 2.45) is 0 Å². The van der Waals surface area contributed by atoms with E-state index in [0.717, 1.165) is 0 Å². The topological polar surface area (TPSA) is 163 Å². The van der Waals surface area contributed by atoms with E-state index in [0.29, 0.717) is 0 Å². The van der Waals surface area contributed by atoms with Crippen LogP contribution in [0, 0.1) is 0 Å². The first-order valence-electron chi connectivity index (χ1n) is 12.5. The molecule has 2 aromatic rings. The van der Waals surface area contributed by atoms with Gasteiger partial charge in [0.05, 0.1) is 35.0 Å². The van der Waals surface area contributed by atoms with Gasteiger partial charge in [0.2, 0.25) is 0 Å². The lowest BCUT2D eigenvalue weighted by molar-refractivity contribution is -0.250. The molecule has 10 nitrogen and oxygen atoms in total. The van der Waals surface area contributed by atoms with Crippen LogP contribution in [0.5, 0.6) is 11.5 Å². The molecule has 1 heterocycles. The highest BCUT2D eigenvalue weighted by atomic mass is 19.4. The number of halogens is 3. The van der Waals surface area contributed by atoms with Crippen LogP contribution in [0.3, 0.4) is 0 Å². The molecule has 5 N–H and O–H groups in total. The van der Waals surface area contributed by atoms with E-state index in [1.807, 2.05) is 0 Å². The Hall–Kier alpha value is -3.52. The van der Waals surface area contributed by atoms with Crippen LogP contribution in [-0.4, -0.2) is 74.2 Å². The number of aliphatic hydroxyl groups is 2. The van der Waals surface area contributed by atoms with Crippen molar-refractivity contribution in [3.63, 3.8) is 0 Å². The lowest BCUT2D eigenvalue weighted by Crippen LogP contribution is -2.57. The molecule has 6 atom stereocenters. The predicted molar refractivity (Wildman–Crippen MR) is 129 cm³/mol. The van der Waals surface area contributed by atoms with Crippen molar-refractivity contribution in [1.29, 1.82) is 0 Å². The maximum absolute atomic E-state index is 13.3. The molecule has 13 heteroatoms. The lowest BCUT2D eigenvalue weighted by atomic mass is 9.73. The fourth-order valence-electron chi connectivity index (χ4n) is 5.69. The largest absolute Gasteiger partial charge is 0.507 e. The zero-order valence-electron chi connectivity index (χ0n) is 21.3. The second kappa shape index (κ2) is 9.54. The van der Waals surface area contributed by atoms with E-state index in [2.05, 4.69) is 0 Å². The molecule has 2 aliphatic carbocycles. The summed E-state index contributed by atoms with van der Waals surface area (Å²) >= 11 is 0. The van der Waals surface area contributed by atoms with E-state index in [1.54, 1.807) is 11.4 Å². The number of hydrogen-bond acceptors (Lipinski definition) is 9. The Bertz CT molecular complexity index is 1420. The number of amides is 1. The average Bonchev–Trinajstić information content (AvgIpc) is 2.86. The molecule has 0 radical (unpaired) electrons. The second-order valence-corrected chi connectivity index (χ2v) is 10.6. The summed E-state index contributed by atoms with van der Waals surface area (Å²) in [6.45, 7) is 2.78. The van der Waals surface area contributed by atoms with Crippen molar-refractivity contribution in [2.75, 3.05) is 0 Å². The number of rotatable bonds is 3. The highest BCUT2D eigenvalue weighted by molar-refractivity contribution is 6.30. The fourth-order valence-corrected chi connectivity index (χ4v) is 5.69. The van der Waals surface area contributed by atoms with Crippen molar-refractivity contribution in [3.8, 4) is 11.5 Å². The Labute approximate surface area is 225 Å². The minimum atomic E-state index is -5.19. The van der Waals surface area contributed by atoms with E-state index in [9.17, 15) is 48.0 Å². The first-order chi connectivity index (χ1) is 18.6. The number of ketones is 2. The van der Waals surface area contributed by atoms with Gasteiger partial charge in [0, 0.05) is 41.5 Å². The van der Waals surface area contributed by atoms with Gasteiger partial charge in [-0.15, -0.1) is 0 Å². The van der Waals surface area contributed by atoms with Crippen LogP contribution in [0.2, 0.25) is 0 Å². The molecular weight excluding hydrogens is 539 g/mol. The average molecular weight is 565 g/mol. The summed E-state index contributed by atoms with van der Waals surface area (Å²) in [5.74, 6) is -4.90. The minimum Gasteiger partial charge on any atom is -0.507 e. The van der Waals surface area contributed by atoms with Gasteiger partial charge in [-0.05, 0) is 13.8 Å². The predicted octanol–water partition coefficient (Wildman–Crippen LogP) is 2.17. The number of phenolic OH excluding ortho intramolecular Hbond substituents is 2. The molecule has 1 fully saturated rings. The Morgan fingerprint density at radius 3 is 2.25 bits per heavy atom. The van der Waals surface area contributed by atoms with Crippen molar-refractivity contribution in [1.82, 2.24) is 5.32 Å². The first kappa shape index (κ1) is 28.0. The summed E-state index contributed by atoms with van der Waals surface area (Å²) in [6.07, 6.45) is -11.2. The van der Waals surface area contributed by atoms with Crippen LogP contribution >= 0.6 is 0 Å². The van der Waals surface area contributed by atoms with E-state index in [-0.39, 0.29) is 35.1 Å². The number of aliphatic hydroxyl groups excluding tert-OH is 1. The smallest absolute Gasteiger partial charge is 0.471 e. The van der Waals surface area contributed by atoms with Gasteiger partial charge in [-0.1, -0.05) is 24.3 Å². The van der Waals surface area contributed by atoms with Crippen LogP contribution in [0.4, 0.5) is 13.2 Å². The molecule has 0 saturated carbocycles. The lowest BCUT2D eigenvalue weighted by Gasteiger charge is -2.42. The summed E-state index contributed by atoms with van der Waals surface area (Å²) in [7, 11) is 0. The Morgan fingerprint density at radius 2 is 1.68 bits per heavy atom. The number of fused-ring (bicyclic) bond motifs is 3. The highest BCUT2D eigenvalue weighted by Gasteiger charge is 2.47. The molecule has 0 aromatic heterocycles. The Morgan fingerprint density at radius 1 is 1.10 bits per heavy atom. The first-order valence-corrected chi connectivity index (χ1v) is 12.5. The molecule has 1 amide bonds. The molecule has 1 saturated heterocycles. The summed E-state index contributed by atoms with van der Waals surface area (Å²) in [5.41, 5.74) is -2.43. The number of alkyl halides is 3. The van der Waals surface area contributed by atoms with E-state index in [4.69, 9.17) is 9.47 Å². The van der Waals surface area contributed by atoms with Gasteiger partial charge in [0.25, 0.3) is 0 Å². The molecule has 0 bridgehead atoms. The van der Waals surface area contributed by atoms with E-state index < -0.39 is 88.9 Å². The van der Waals surface area contributed by atoms with Gasteiger partial charge in [-0.25, -0.2) is 0 Å². The number of phenols is 2. The summed E-state index contributed by atoms with van der Waals surface area (Å²) < 4.78 is 50.1. The van der Waals surface area contributed by atoms with Crippen LogP contribution in [0.1, 0.15) is 75.8 Å². The van der Waals surface area contributed by atoms with Gasteiger partial charge >= 0.3 is 12.1 Å². The highest BCUT2D eigenvalue weighted by Crippen LogP contribution is 2.51. The number of ether oxygens (including phenoxy) is 2. The molecule has 40 heavy (non-hydrogen) atoms. The standard InChI is InChI=1S/C27H26F3NO9/c1-10-20(32)14(31-25(37)27(28,29)30)7-16(39-10)40-15-9-26(2,38)8-13-17(15)24(36)19-18(23(13)35)21(33)11-5-3-4-6-12(11)22(19)34/h3-6,10,14-16,20,32,35-36,38H,7-9H2,1-2H3,(H,31,37)/t10-,14+,15+,16+,20+,26?/m1/s1. The third kappa shape index (κ3) is 4.62. The van der Waals surface area contributed by atoms with Crippen LogP contribution < -0.4 is 5.32 Å². The number of benzene rings is 2. The third-order valence-corrected chi connectivity index (χ3v) is 7.56. The van der Waals surface area contributed by atoms with Crippen molar-refractivity contribution < 1.29 is 57.5 Å². The van der Waals surface area contributed by atoms with Gasteiger partial charge in [0.1, 0.15) is 17.6 Å². The molecule has 0 spiro atoms. The van der Waals surface area contributed by atoms with Crippen LogP contribution in [0.25, 0.3) is 0 Å². The summed E-state index contributed by atoms with van der Waals surface area (Å²) in [4.78, 5) is 38.1. The maximum Gasteiger partial charge on any atom is 0.471 e.